The molecule has 0 heterocycles. The molecule has 0 aliphatic heterocycles. The van der Waals surface area contributed by atoms with Gasteiger partial charge in [-0.15, -0.1) is 0 Å². The van der Waals surface area contributed by atoms with Crippen molar-refractivity contribution in [1.82, 2.24) is 10.6 Å². The number of allylic oxidation sites excluding steroid dienone is 1. The Balaban J connectivity index is 1.81. The molecule has 0 saturated heterocycles. The zero-order valence-electron chi connectivity index (χ0n) is 14.4. The first-order chi connectivity index (χ1) is 11.0. The van der Waals surface area contributed by atoms with E-state index in [-0.39, 0.29) is 6.03 Å². The van der Waals surface area contributed by atoms with E-state index in [4.69, 9.17) is 4.74 Å². The molecule has 0 fully saturated rings. The van der Waals surface area contributed by atoms with Crippen molar-refractivity contribution in [2.75, 3.05) is 13.7 Å². The fraction of sp³-hybridized carbons (Fsp3) is 0.526. The fourth-order valence-corrected chi connectivity index (χ4v) is 2.88. The Labute approximate surface area is 139 Å². The maximum Gasteiger partial charge on any atom is 0.315 e. The van der Waals surface area contributed by atoms with Gasteiger partial charge in [0.15, 0.2) is 0 Å². The molecule has 4 heteroatoms. The molecule has 2 amide bonds. The summed E-state index contributed by atoms with van der Waals surface area (Å²) in [6.07, 6.45) is 8.23. The smallest absolute Gasteiger partial charge is 0.315 e. The lowest BCUT2D eigenvalue weighted by atomic mass is 9.94. The molecule has 1 aromatic carbocycles. The molecule has 126 valence electrons. The highest BCUT2D eigenvalue weighted by Crippen LogP contribution is 2.23. The van der Waals surface area contributed by atoms with Crippen LogP contribution in [0.2, 0.25) is 0 Å². The number of methoxy groups -OCH3 is 1. The van der Waals surface area contributed by atoms with Crippen LogP contribution in [0, 0.1) is 0 Å². The maximum atomic E-state index is 12.1. The minimum absolute atomic E-state index is 0.123. The first-order valence-corrected chi connectivity index (χ1v) is 8.40. The maximum absolute atomic E-state index is 12.1. The molecule has 0 bridgehead atoms. The largest absolute Gasteiger partial charge is 0.497 e. The normalized spacial score (nSPS) is 14.8. The van der Waals surface area contributed by atoms with Crippen LogP contribution in [0.5, 0.6) is 5.75 Å². The van der Waals surface area contributed by atoms with Gasteiger partial charge in [0.1, 0.15) is 5.75 Å². The molecular formula is C19H28N2O2. The van der Waals surface area contributed by atoms with Crippen molar-refractivity contribution < 1.29 is 9.53 Å². The van der Waals surface area contributed by atoms with Crippen LogP contribution in [0.15, 0.2) is 35.9 Å². The minimum atomic E-state index is -0.430. The van der Waals surface area contributed by atoms with E-state index in [0.717, 1.165) is 17.7 Å². The number of rotatable bonds is 6. The Morgan fingerprint density at radius 1 is 1.22 bits per heavy atom. The van der Waals surface area contributed by atoms with Crippen molar-refractivity contribution in [3.63, 3.8) is 0 Å². The van der Waals surface area contributed by atoms with Crippen LogP contribution in [0.25, 0.3) is 0 Å². The van der Waals surface area contributed by atoms with Gasteiger partial charge in [0, 0.05) is 6.54 Å². The van der Waals surface area contributed by atoms with Crippen LogP contribution < -0.4 is 15.4 Å². The third-order valence-electron chi connectivity index (χ3n) is 4.35. The first kappa shape index (κ1) is 17.4. The quantitative estimate of drug-likeness (QED) is 0.776. The fourth-order valence-electron chi connectivity index (χ4n) is 2.88. The Morgan fingerprint density at radius 2 is 1.96 bits per heavy atom. The van der Waals surface area contributed by atoms with Crippen LogP contribution in [-0.2, 0) is 5.54 Å². The molecule has 0 aromatic heterocycles. The van der Waals surface area contributed by atoms with E-state index in [2.05, 4.69) is 16.7 Å². The predicted molar refractivity (Wildman–Crippen MR) is 93.7 cm³/mol. The van der Waals surface area contributed by atoms with Crippen LogP contribution >= 0.6 is 0 Å². The van der Waals surface area contributed by atoms with Crippen molar-refractivity contribution in [3.05, 3.63) is 41.5 Å². The summed E-state index contributed by atoms with van der Waals surface area (Å²) in [6, 6.07) is 7.65. The molecule has 0 atom stereocenters. The Bertz CT molecular complexity index is 547. The minimum Gasteiger partial charge on any atom is -0.497 e. The monoisotopic (exact) mass is 316 g/mol. The first-order valence-electron chi connectivity index (χ1n) is 8.40. The van der Waals surface area contributed by atoms with Gasteiger partial charge in [-0.1, -0.05) is 23.8 Å². The lowest BCUT2D eigenvalue weighted by Crippen LogP contribution is -2.46. The standard InChI is InChI=1S/C19H28N2O2/c1-19(2,16-9-11-17(23-3)12-10-16)21-18(22)20-14-13-15-7-5-4-6-8-15/h7,9-12H,4-6,8,13-14H2,1-3H3,(H2,20,21,22). The van der Waals surface area contributed by atoms with E-state index in [9.17, 15) is 4.79 Å². The van der Waals surface area contributed by atoms with E-state index >= 15 is 0 Å². The number of carbonyl (C=O) groups excluding carboxylic acids is 1. The van der Waals surface area contributed by atoms with Gasteiger partial charge >= 0.3 is 6.03 Å². The number of nitrogens with one attached hydrogen (secondary N) is 2. The predicted octanol–water partition coefficient (Wildman–Crippen LogP) is 4.12. The van der Waals surface area contributed by atoms with E-state index in [1.807, 2.05) is 38.1 Å². The van der Waals surface area contributed by atoms with Crippen molar-refractivity contribution in [2.45, 2.75) is 51.5 Å². The molecule has 1 aromatic rings. The second-order valence-corrected chi connectivity index (χ2v) is 6.59. The van der Waals surface area contributed by atoms with Crippen molar-refractivity contribution in [3.8, 4) is 5.75 Å². The van der Waals surface area contributed by atoms with Gasteiger partial charge in [-0.25, -0.2) is 4.79 Å². The second kappa shape index (κ2) is 8.04. The number of amides is 2. The molecule has 0 radical (unpaired) electrons. The van der Waals surface area contributed by atoms with E-state index in [0.29, 0.717) is 6.54 Å². The average Bonchev–Trinajstić information content (AvgIpc) is 2.55. The highest BCUT2D eigenvalue weighted by molar-refractivity contribution is 5.75. The molecule has 0 spiro atoms. The number of carbonyl (C=O) groups is 1. The molecule has 0 unspecified atom stereocenters. The van der Waals surface area contributed by atoms with Gasteiger partial charge in [0.05, 0.1) is 12.6 Å². The molecular weight excluding hydrogens is 288 g/mol. The average molecular weight is 316 g/mol. The Hall–Kier alpha value is -1.97. The molecule has 2 N–H and O–H groups in total. The molecule has 1 aliphatic rings. The van der Waals surface area contributed by atoms with E-state index in [1.54, 1.807) is 7.11 Å². The van der Waals surface area contributed by atoms with Crippen molar-refractivity contribution >= 4 is 6.03 Å². The van der Waals surface area contributed by atoms with E-state index < -0.39 is 5.54 Å². The number of ether oxygens (including phenoxy) is 1. The van der Waals surface area contributed by atoms with E-state index in [1.165, 1.54) is 31.3 Å². The third kappa shape index (κ3) is 5.31. The van der Waals surface area contributed by atoms with Crippen LogP contribution in [0.4, 0.5) is 4.79 Å². The van der Waals surface area contributed by atoms with Crippen LogP contribution in [0.1, 0.15) is 51.5 Å². The van der Waals surface area contributed by atoms with Gasteiger partial charge in [-0.05, 0) is 63.6 Å². The summed E-state index contributed by atoms with van der Waals surface area (Å²) >= 11 is 0. The Kier molecular flexibility index (Phi) is 6.08. The topological polar surface area (TPSA) is 50.4 Å². The summed E-state index contributed by atoms with van der Waals surface area (Å²) in [4.78, 5) is 12.1. The summed E-state index contributed by atoms with van der Waals surface area (Å²) in [5.74, 6) is 0.815. The number of hydrogen-bond acceptors (Lipinski definition) is 2. The zero-order chi connectivity index (χ0) is 16.7. The zero-order valence-corrected chi connectivity index (χ0v) is 14.4. The molecule has 1 aliphatic carbocycles. The lowest BCUT2D eigenvalue weighted by Gasteiger charge is -2.27. The third-order valence-corrected chi connectivity index (χ3v) is 4.35. The molecule has 0 saturated carbocycles. The van der Waals surface area contributed by atoms with Gasteiger partial charge in [0.2, 0.25) is 0 Å². The number of urea groups is 1. The highest BCUT2D eigenvalue weighted by atomic mass is 16.5. The van der Waals surface area contributed by atoms with Crippen molar-refractivity contribution in [1.29, 1.82) is 0 Å². The lowest BCUT2D eigenvalue weighted by molar-refractivity contribution is 0.230. The van der Waals surface area contributed by atoms with Crippen LogP contribution in [0.3, 0.4) is 0 Å². The van der Waals surface area contributed by atoms with Gasteiger partial charge in [0.25, 0.3) is 0 Å². The summed E-state index contributed by atoms with van der Waals surface area (Å²) in [5, 5.41) is 6.00. The molecule has 4 nitrogen and oxygen atoms in total. The molecule has 2 rings (SSSR count). The van der Waals surface area contributed by atoms with Crippen molar-refractivity contribution in [2.24, 2.45) is 0 Å². The van der Waals surface area contributed by atoms with Gasteiger partial charge in [-0.3, -0.25) is 0 Å². The molecule has 23 heavy (non-hydrogen) atoms. The summed E-state index contributed by atoms with van der Waals surface area (Å²) in [5.41, 5.74) is 2.09. The SMILES string of the molecule is COc1ccc(C(C)(C)NC(=O)NCCC2=CCCCC2)cc1. The highest BCUT2D eigenvalue weighted by Gasteiger charge is 2.22. The number of benzene rings is 1. The van der Waals surface area contributed by atoms with Gasteiger partial charge < -0.3 is 15.4 Å². The van der Waals surface area contributed by atoms with Crippen LogP contribution in [-0.4, -0.2) is 19.7 Å². The summed E-state index contributed by atoms with van der Waals surface area (Å²) < 4.78 is 5.17. The summed E-state index contributed by atoms with van der Waals surface area (Å²) in [6.45, 7) is 4.69. The summed E-state index contributed by atoms with van der Waals surface area (Å²) in [7, 11) is 1.65. The number of hydrogen-bond donors (Lipinski definition) is 2. The Morgan fingerprint density at radius 3 is 2.57 bits per heavy atom. The van der Waals surface area contributed by atoms with Gasteiger partial charge in [-0.2, -0.15) is 0 Å². The second-order valence-electron chi connectivity index (χ2n) is 6.59.